The molecule has 0 amide bonds. The number of halogens is 1. The average Bonchev–Trinajstić information content (AvgIpc) is 2.31. The zero-order valence-electron chi connectivity index (χ0n) is 6.50. The number of fused-ring (bicyclic) bond motifs is 1. The maximum absolute atomic E-state index is 11.4. The van der Waals surface area contributed by atoms with Gasteiger partial charge in [-0.05, 0) is 25.1 Å². The quantitative estimate of drug-likeness (QED) is 0.680. The standard InChI is InChI=1S/C9H7BrO2/c1-5-9(11)7-4-6(10)2-3-8(7)12-5/h2-5H,1H3. The first-order valence-corrected chi connectivity index (χ1v) is 4.48. The van der Waals surface area contributed by atoms with Crippen molar-refractivity contribution in [3.05, 3.63) is 28.2 Å². The van der Waals surface area contributed by atoms with Crippen LogP contribution in [0.2, 0.25) is 0 Å². The minimum atomic E-state index is -0.325. The van der Waals surface area contributed by atoms with Crippen molar-refractivity contribution in [1.29, 1.82) is 0 Å². The largest absolute Gasteiger partial charge is 0.482 e. The van der Waals surface area contributed by atoms with Crippen molar-refractivity contribution in [3.63, 3.8) is 0 Å². The number of hydrogen-bond acceptors (Lipinski definition) is 2. The predicted molar refractivity (Wildman–Crippen MR) is 48.6 cm³/mol. The molecule has 0 aromatic heterocycles. The van der Waals surface area contributed by atoms with Crippen LogP contribution in [0, 0.1) is 0 Å². The van der Waals surface area contributed by atoms with Crippen molar-refractivity contribution >= 4 is 21.7 Å². The zero-order chi connectivity index (χ0) is 8.72. The van der Waals surface area contributed by atoms with Crippen LogP contribution in [0.1, 0.15) is 17.3 Å². The van der Waals surface area contributed by atoms with E-state index in [2.05, 4.69) is 15.9 Å². The van der Waals surface area contributed by atoms with Crippen LogP contribution in [0.15, 0.2) is 22.7 Å². The highest BCUT2D eigenvalue weighted by Crippen LogP contribution is 2.30. The monoisotopic (exact) mass is 226 g/mol. The fraction of sp³-hybridized carbons (Fsp3) is 0.222. The van der Waals surface area contributed by atoms with Gasteiger partial charge in [-0.3, -0.25) is 4.79 Å². The van der Waals surface area contributed by atoms with E-state index in [1.54, 1.807) is 19.1 Å². The average molecular weight is 227 g/mol. The maximum Gasteiger partial charge on any atom is 0.206 e. The fourth-order valence-electron chi connectivity index (χ4n) is 1.26. The third kappa shape index (κ3) is 1.05. The van der Waals surface area contributed by atoms with Crippen LogP contribution in [-0.2, 0) is 0 Å². The topological polar surface area (TPSA) is 26.3 Å². The van der Waals surface area contributed by atoms with Gasteiger partial charge in [0.1, 0.15) is 5.75 Å². The van der Waals surface area contributed by atoms with E-state index in [9.17, 15) is 4.79 Å². The number of ketones is 1. The smallest absolute Gasteiger partial charge is 0.206 e. The summed E-state index contributed by atoms with van der Waals surface area (Å²) in [5, 5.41) is 0. The van der Waals surface area contributed by atoms with Crippen LogP contribution < -0.4 is 4.74 Å². The van der Waals surface area contributed by atoms with E-state index >= 15 is 0 Å². The molecule has 2 rings (SSSR count). The first kappa shape index (κ1) is 7.80. The lowest BCUT2D eigenvalue weighted by Gasteiger charge is -1.99. The van der Waals surface area contributed by atoms with Crippen LogP contribution in [0.25, 0.3) is 0 Å². The van der Waals surface area contributed by atoms with Gasteiger partial charge in [0.05, 0.1) is 5.56 Å². The Kier molecular flexibility index (Phi) is 1.68. The van der Waals surface area contributed by atoms with Crippen molar-refractivity contribution in [2.45, 2.75) is 13.0 Å². The number of carbonyl (C=O) groups excluding carboxylic acids is 1. The van der Waals surface area contributed by atoms with Crippen molar-refractivity contribution in [2.75, 3.05) is 0 Å². The molecule has 0 aliphatic carbocycles. The van der Waals surface area contributed by atoms with Gasteiger partial charge < -0.3 is 4.74 Å². The summed E-state index contributed by atoms with van der Waals surface area (Å²) in [7, 11) is 0. The summed E-state index contributed by atoms with van der Waals surface area (Å²) in [5.41, 5.74) is 0.678. The van der Waals surface area contributed by atoms with Gasteiger partial charge >= 0.3 is 0 Å². The van der Waals surface area contributed by atoms with Crippen molar-refractivity contribution in [2.24, 2.45) is 0 Å². The van der Waals surface area contributed by atoms with E-state index < -0.39 is 0 Å². The maximum atomic E-state index is 11.4. The van der Waals surface area contributed by atoms with Gasteiger partial charge in [-0.2, -0.15) is 0 Å². The molecule has 0 bridgehead atoms. The van der Waals surface area contributed by atoms with E-state index in [0.717, 1.165) is 4.47 Å². The lowest BCUT2D eigenvalue weighted by molar-refractivity contribution is 0.0878. The Bertz CT molecular complexity index is 346. The molecule has 1 aromatic rings. The molecule has 2 nitrogen and oxygen atoms in total. The molecule has 12 heavy (non-hydrogen) atoms. The van der Waals surface area contributed by atoms with Gasteiger partial charge in [-0.25, -0.2) is 0 Å². The molecule has 1 aliphatic heterocycles. The molecule has 1 aliphatic rings. The van der Waals surface area contributed by atoms with Gasteiger partial charge in [-0.15, -0.1) is 0 Å². The molecular weight excluding hydrogens is 220 g/mol. The highest BCUT2D eigenvalue weighted by Gasteiger charge is 2.28. The Morgan fingerprint density at radius 1 is 1.50 bits per heavy atom. The second kappa shape index (κ2) is 2.59. The van der Waals surface area contributed by atoms with Crippen molar-refractivity contribution < 1.29 is 9.53 Å². The van der Waals surface area contributed by atoms with Crippen LogP contribution in [0.3, 0.4) is 0 Å². The number of carbonyl (C=O) groups is 1. The van der Waals surface area contributed by atoms with Crippen LogP contribution >= 0.6 is 15.9 Å². The molecule has 62 valence electrons. The van der Waals surface area contributed by atoms with E-state index in [4.69, 9.17) is 4.74 Å². The Morgan fingerprint density at radius 3 is 3.00 bits per heavy atom. The summed E-state index contributed by atoms with van der Waals surface area (Å²) >= 11 is 3.30. The Hall–Kier alpha value is -0.830. The third-order valence-electron chi connectivity index (χ3n) is 1.88. The number of benzene rings is 1. The van der Waals surface area contributed by atoms with Crippen LogP contribution in [0.4, 0.5) is 0 Å². The van der Waals surface area contributed by atoms with E-state index in [-0.39, 0.29) is 11.9 Å². The van der Waals surface area contributed by atoms with Crippen molar-refractivity contribution in [3.8, 4) is 5.75 Å². The van der Waals surface area contributed by atoms with Gasteiger partial charge in [0, 0.05) is 4.47 Å². The summed E-state index contributed by atoms with van der Waals surface area (Å²) < 4.78 is 6.21. The number of rotatable bonds is 0. The van der Waals surface area contributed by atoms with Gasteiger partial charge in [0.2, 0.25) is 5.78 Å². The minimum Gasteiger partial charge on any atom is -0.482 e. The second-order valence-electron chi connectivity index (χ2n) is 2.76. The van der Waals surface area contributed by atoms with Gasteiger partial charge in [-0.1, -0.05) is 15.9 Å². The highest BCUT2D eigenvalue weighted by atomic mass is 79.9. The minimum absolute atomic E-state index is 0.0614. The lowest BCUT2D eigenvalue weighted by atomic mass is 10.1. The fourth-order valence-corrected chi connectivity index (χ4v) is 1.62. The summed E-state index contributed by atoms with van der Waals surface area (Å²) in [6.07, 6.45) is -0.325. The first-order valence-electron chi connectivity index (χ1n) is 3.69. The molecule has 0 saturated carbocycles. The Balaban J connectivity index is 2.56. The van der Waals surface area contributed by atoms with Crippen LogP contribution in [-0.4, -0.2) is 11.9 Å². The van der Waals surface area contributed by atoms with Crippen molar-refractivity contribution in [1.82, 2.24) is 0 Å². The molecule has 1 heterocycles. The zero-order valence-corrected chi connectivity index (χ0v) is 8.09. The normalized spacial score (nSPS) is 20.5. The van der Waals surface area contributed by atoms with Crippen LogP contribution in [0.5, 0.6) is 5.75 Å². The van der Waals surface area contributed by atoms with E-state index in [0.29, 0.717) is 11.3 Å². The molecule has 1 atom stereocenters. The number of ether oxygens (including phenoxy) is 1. The first-order chi connectivity index (χ1) is 5.68. The molecular formula is C9H7BrO2. The summed E-state index contributed by atoms with van der Waals surface area (Å²) in [5.74, 6) is 0.752. The lowest BCUT2D eigenvalue weighted by Crippen LogP contribution is -2.14. The number of hydrogen-bond donors (Lipinski definition) is 0. The van der Waals surface area contributed by atoms with Gasteiger partial charge in [0.15, 0.2) is 6.10 Å². The summed E-state index contributed by atoms with van der Waals surface area (Å²) in [6, 6.07) is 5.46. The molecule has 1 unspecified atom stereocenters. The third-order valence-corrected chi connectivity index (χ3v) is 2.37. The summed E-state index contributed by atoms with van der Waals surface area (Å²) in [4.78, 5) is 11.4. The van der Waals surface area contributed by atoms with E-state index in [1.807, 2.05) is 6.07 Å². The number of Topliss-reactive ketones (excluding diaryl/α,β-unsaturated/α-hetero) is 1. The molecule has 0 spiro atoms. The second-order valence-corrected chi connectivity index (χ2v) is 3.68. The Morgan fingerprint density at radius 2 is 2.25 bits per heavy atom. The summed E-state index contributed by atoms with van der Waals surface area (Å²) in [6.45, 7) is 1.76. The molecule has 3 heteroatoms. The molecule has 1 aromatic carbocycles. The SMILES string of the molecule is CC1Oc2ccc(Br)cc2C1=O. The predicted octanol–water partition coefficient (Wildman–Crippen LogP) is 2.41. The molecule has 0 fully saturated rings. The molecule has 0 N–H and O–H groups in total. The highest BCUT2D eigenvalue weighted by molar-refractivity contribution is 9.10. The van der Waals surface area contributed by atoms with Gasteiger partial charge in [0.25, 0.3) is 0 Å². The van der Waals surface area contributed by atoms with E-state index in [1.165, 1.54) is 0 Å². The Labute approximate surface area is 78.7 Å². The molecule has 0 radical (unpaired) electrons. The molecule has 0 saturated heterocycles.